The maximum Gasteiger partial charge on any atom is 0.243 e. The fourth-order valence-electron chi connectivity index (χ4n) is 4.16. The number of amides is 1. The summed E-state index contributed by atoms with van der Waals surface area (Å²) in [5, 5.41) is 0. The van der Waals surface area contributed by atoms with Gasteiger partial charge in [-0.2, -0.15) is 4.31 Å². The largest absolute Gasteiger partial charge is 0.327 e. The fraction of sp³-hybridized carbons (Fsp3) is 0.632. The number of nitrogens with zero attached hydrogens (tertiary/aromatic N) is 2. The quantitative estimate of drug-likeness (QED) is 0.773. The molecule has 1 fully saturated rings. The van der Waals surface area contributed by atoms with Gasteiger partial charge in [0.15, 0.2) is 0 Å². The van der Waals surface area contributed by atoms with Gasteiger partial charge in [-0.05, 0) is 48.9 Å². The molecule has 1 aromatic carbocycles. The second-order valence-corrected chi connectivity index (χ2v) is 9.17. The summed E-state index contributed by atoms with van der Waals surface area (Å²) in [6.07, 6.45) is 4.30. The number of nitrogens with two attached hydrogens (primary N) is 1. The van der Waals surface area contributed by atoms with E-state index in [0.717, 1.165) is 30.5 Å². The summed E-state index contributed by atoms with van der Waals surface area (Å²) in [6, 6.07) is 5.27. The lowest BCUT2D eigenvalue weighted by Gasteiger charge is -2.22. The molecule has 6 nitrogen and oxygen atoms in total. The highest BCUT2D eigenvalue weighted by atomic mass is 35.5. The molecule has 0 radical (unpaired) electrons. The van der Waals surface area contributed by atoms with Gasteiger partial charge in [0, 0.05) is 37.8 Å². The van der Waals surface area contributed by atoms with Crippen molar-refractivity contribution in [3.8, 4) is 0 Å². The first kappa shape index (κ1) is 22.1. The van der Waals surface area contributed by atoms with E-state index in [4.69, 9.17) is 5.73 Å². The number of hydrogen-bond donors (Lipinski definition) is 1. The summed E-state index contributed by atoms with van der Waals surface area (Å²) in [5.74, 6) is 0.374. The van der Waals surface area contributed by atoms with Crippen molar-refractivity contribution < 1.29 is 13.2 Å². The Hall–Kier alpha value is -1.15. The summed E-state index contributed by atoms with van der Waals surface area (Å²) in [4.78, 5) is 14.8. The molecule has 152 valence electrons. The maximum absolute atomic E-state index is 12.7. The third-order valence-corrected chi connectivity index (χ3v) is 7.79. The van der Waals surface area contributed by atoms with Crippen molar-refractivity contribution in [3.63, 3.8) is 0 Å². The normalized spacial score (nSPS) is 22.0. The Morgan fingerprint density at radius 2 is 1.96 bits per heavy atom. The Bertz CT molecular complexity index is 780. The number of hydrogen-bond acceptors (Lipinski definition) is 4. The molecule has 27 heavy (non-hydrogen) atoms. The molecule has 3 rings (SSSR count). The summed E-state index contributed by atoms with van der Waals surface area (Å²) >= 11 is 0. The van der Waals surface area contributed by atoms with Gasteiger partial charge in [0.2, 0.25) is 15.9 Å². The van der Waals surface area contributed by atoms with Gasteiger partial charge in [-0.15, -0.1) is 12.4 Å². The number of fused-ring (bicyclic) bond motifs is 1. The average Bonchev–Trinajstić information content (AvgIpc) is 3.21. The van der Waals surface area contributed by atoms with E-state index >= 15 is 0 Å². The molecule has 0 saturated heterocycles. The Balaban J connectivity index is 0.00000261. The number of sulfonamides is 1. The number of anilines is 1. The average molecular weight is 416 g/mol. The second-order valence-electron chi connectivity index (χ2n) is 7.23. The molecule has 2 atom stereocenters. The number of benzene rings is 1. The molecular weight excluding hydrogens is 386 g/mol. The predicted octanol–water partition coefficient (Wildman–Crippen LogP) is 2.55. The monoisotopic (exact) mass is 415 g/mol. The van der Waals surface area contributed by atoms with Gasteiger partial charge in [0.1, 0.15) is 0 Å². The topological polar surface area (TPSA) is 83.7 Å². The van der Waals surface area contributed by atoms with Crippen molar-refractivity contribution in [1.29, 1.82) is 0 Å². The van der Waals surface area contributed by atoms with Gasteiger partial charge < -0.3 is 10.6 Å². The minimum atomic E-state index is -3.47. The van der Waals surface area contributed by atoms with Crippen LogP contribution in [0.15, 0.2) is 23.1 Å². The molecule has 1 aliphatic heterocycles. The number of rotatable bonds is 6. The van der Waals surface area contributed by atoms with Crippen LogP contribution in [0.2, 0.25) is 0 Å². The van der Waals surface area contributed by atoms with E-state index in [2.05, 4.69) is 0 Å². The SMILES string of the molecule is CCN(CC)S(=O)(=O)c1ccc2c(c1)CCN2C(=O)C[C@@H]1CCC[C@H]1N.Cl. The van der Waals surface area contributed by atoms with Crippen LogP contribution in [0, 0.1) is 5.92 Å². The lowest BCUT2D eigenvalue weighted by atomic mass is 9.99. The van der Waals surface area contributed by atoms with Gasteiger partial charge in [0.05, 0.1) is 4.90 Å². The molecule has 0 spiro atoms. The Kier molecular flexibility index (Phi) is 7.30. The van der Waals surface area contributed by atoms with Crippen LogP contribution in [-0.4, -0.2) is 44.3 Å². The summed E-state index contributed by atoms with van der Waals surface area (Å²) in [7, 11) is -3.47. The van der Waals surface area contributed by atoms with Crippen LogP contribution in [0.25, 0.3) is 0 Å². The van der Waals surface area contributed by atoms with E-state index in [0.29, 0.717) is 37.4 Å². The first-order valence-corrected chi connectivity index (χ1v) is 11.0. The molecule has 2 N–H and O–H groups in total. The van der Waals surface area contributed by atoms with Crippen molar-refractivity contribution in [2.45, 2.75) is 56.9 Å². The van der Waals surface area contributed by atoms with E-state index in [1.807, 2.05) is 13.8 Å². The number of carbonyl (C=O) groups excluding carboxylic acids is 1. The van der Waals surface area contributed by atoms with Crippen LogP contribution >= 0.6 is 12.4 Å². The van der Waals surface area contributed by atoms with Crippen LogP contribution in [-0.2, 0) is 21.2 Å². The molecule has 0 unspecified atom stereocenters. The zero-order chi connectivity index (χ0) is 18.9. The standard InChI is InChI=1S/C19H29N3O3S.ClH/c1-3-21(4-2)26(24,25)16-8-9-18-15(12-16)10-11-22(18)19(23)13-14-6-5-7-17(14)20;/h8-9,12,14,17H,3-7,10-11,13,20H2,1-2H3;1H/t14-,17+;/m0./s1. The van der Waals surface area contributed by atoms with Crippen LogP contribution < -0.4 is 10.6 Å². The van der Waals surface area contributed by atoms with E-state index in [-0.39, 0.29) is 30.3 Å². The molecule has 1 heterocycles. The first-order valence-electron chi connectivity index (χ1n) is 9.57. The highest BCUT2D eigenvalue weighted by Gasteiger charge is 2.32. The van der Waals surface area contributed by atoms with Crippen molar-refractivity contribution in [1.82, 2.24) is 4.31 Å². The molecule has 1 saturated carbocycles. The predicted molar refractivity (Wildman–Crippen MR) is 110 cm³/mol. The van der Waals surface area contributed by atoms with Crippen molar-refractivity contribution in [2.75, 3.05) is 24.5 Å². The highest BCUT2D eigenvalue weighted by molar-refractivity contribution is 7.89. The van der Waals surface area contributed by atoms with Gasteiger partial charge in [0.25, 0.3) is 0 Å². The van der Waals surface area contributed by atoms with Crippen LogP contribution in [0.3, 0.4) is 0 Å². The Morgan fingerprint density at radius 3 is 2.56 bits per heavy atom. The van der Waals surface area contributed by atoms with Gasteiger partial charge >= 0.3 is 0 Å². The molecule has 1 aromatic rings. The molecular formula is C19H30ClN3O3S. The second kappa shape index (κ2) is 8.90. The van der Waals surface area contributed by atoms with Crippen molar-refractivity contribution in [2.24, 2.45) is 11.7 Å². The fourth-order valence-corrected chi connectivity index (χ4v) is 5.67. The Morgan fingerprint density at radius 1 is 1.26 bits per heavy atom. The number of halogens is 1. The van der Waals surface area contributed by atoms with E-state index in [1.54, 1.807) is 23.1 Å². The van der Waals surface area contributed by atoms with Crippen LogP contribution in [0.1, 0.15) is 45.1 Å². The van der Waals surface area contributed by atoms with E-state index in [1.165, 1.54) is 4.31 Å². The molecule has 1 aliphatic carbocycles. The highest BCUT2D eigenvalue weighted by Crippen LogP contribution is 2.34. The molecule has 2 aliphatic rings. The van der Waals surface area contributed by atoms with Crippen LogP contribution in [0.4, 0.5) is 5.69 Å². The maximum atomic E-state index is 12.7. The zero-order valence-electron chi connectivity index (χ0n) is 16.1. The Labute approximate surface area is 168 Å². The molecule has 0 aromatic heterocycles. The third-order valence-electron chi connectivity index (χ3n) is 5.75. The van der Waals surface area contributed by atoms with Gasteiger partial charge in [-0.3, -0.25) is 4.79 Å². The lowest BCUT2D eigenvalue weighted by Crippen LogP contribution is -2.34. The van der Waals surface area contributed by atoms with Crippen molar-refractivity contribution >= 4 is 34.0 Å². The lowest BCUT2D eigenvalue weighted by molar-refractivity contribution is -0.119. The van der Waals surface area contributed by atoms with E-state index < -0.39 is 10.0 Å². The van der Waals surface area contributed by atoms with E-state index in [9.17, 15) is 13.2 Å². The summed E-state index contributed by atoms with van der Waals surface area (Å²) in [5.41, 5.74) is 7.88. The van der Waals surface area contributed by atoms with Gasteiger partial charge in [-0.25, -0.2) is 8.42 Å². The zero-order valence-corrected chi connectivity index (χ0v) is 17.7. The number of carbonyl (C=O) groups is 1. The van der Waals surface area contributed by atoms with Crippen molar-refractivity contribution in [3.05, 3.63) is 23.8 Å². The molecule has 1 amide bonds. The molecule has 8 heteroatoms. The third kappa shape index (κ3) is 4.31. The smallest absolute Gasteiger partial charge is 0.243 e. The van der Waals surface area contributed by atoms with Crippen LogP contribution in [0.5, 0.6) is 0 Å². The molecule has 0 bridgehead atoms. The summed E-state index contributed by atoms with van der Waals surface area (Å²) < 4.78 is 26.9. The first-order chi connectivity index (χ1) is 12.4. The minimum Gasteiger partial charge on any atom is -0.327 e. The summed E-state index contributed by atoms with van der Waals surface area (Å²) in [6.45, 7) is 5.18. The minimum absolute atomic E-state index is 0. The van der Waals surface area contributed by atoms with Gasteiger partial charge in [-0.1, -0.05) is 20.3 Å².